The Morgan fingerprint density at radius 1 is 1.00 bits per heavy atom. The van der Waals surface area contributed by atoms with Crippen molar-refractivity contribution < 1.29 is 8.83 Å². The summed E-state index contributed by atoms with van der Waals surface area (Å²) in [6.45, 7) is 10.6. The van der Waals surface area contributed by atoms with E-state index in [1.807, 2.05) is 56.5 Å². The highest BCUT2D eigenvalue weighted by atomic mass is 16.4. The van der Waals surface area contributed by atoms with Crippen LogP contribution in [0.25, 0.3) is 21.9 Å². The summed E-state index contributed by atoms with van der Waals surface area (Å²) in [6, 6.07) is 12.0. The van der Waals surface area contributed by atoms with E-state index >= 15 is 0 Å². The van der Waals surface area contributed by atoms with Crippen molar-refractivity contribution in [2.75, 3.05) is 0 Å². The molecule has 3 heteroatoms. The molecule has 3 nitrogen and oxygen atoms in total. The molecule has 2 aromatic carbocycles. The van der Waals surface area contributed by atoms with Crippen molar-refractivity contribution >= 4 is 21.9 Å². The van der Waals surface area contributed by atoms with Crippen LogP contribution in [0, 0.1) is 13.8 Å². The van der Waals surface area contributed by atoms with E-state index < -0.39 is 0 Å². The van der Waals surface area contributed by atoms with E-state index in [9.17, 15) is 4.79 Å². The van der Waals surface area contributed by atoms with Gasteiger partial charge in [0.15, 0.2) is 0 Å². The predicted octanol–water partition coefficient (Wildman–Crippen LogP) is 6.04. The first-order valence-electron chi connectivity index (χ1n) is 9.29. The fourth-order valence-electron chi connectivity index (χ4n) is 3.84. The fourth-order valence-corrected chi connectivity index (χ4v) is 3.84. The minimum atomic E-state index is -0.273. The van der Waals surface area contributed by atoms with Gasteiger partial charge in [0.1, 0.15) is 11.2 Å². The van der Waals surface area contributed by atoms with Crippen molar-refractivity contribution in [1.82, 2.24) is 0 Å². The molecule has 0 atom stereocenters. The third-order valence-corrected chi connectivity index (χ3v) is 5.31. The average molecular weight is 360 g/mol. The van der Waals surface area contributed by atoms with Gasteiger partial charge in [0.05, 0.1) is 11.6 Å². The molecule has 0 fully saturated rings. The van der Waals surface area contributed by atoms with Gasteiger partial charge in [0.2, 0.25) is 0 Å². The number of furan rings is 1. The minimum Gasteiger partial charge on any atom is -0.463 e. The quantitative estimate of drug-likeness (QED) is 0.409. The number of hydrogen-bond donors (Lipinski definition) is 0. The average Bonchev–Trinajstić information content (AvgIpc) is 3.05. The Hall–Kier alpha value is -2.81. The van der Waals surface area contributed by atoms with Gasteiger partial charge >= 0.3 is 5.63 Å². The van der Waals surface area contributed by atoms with Crippen molar-refractivity contribution in [1.29, 1.82) is 0 Å². The molecular weight excluding hydrogens is 336 g/mol. The second-order valence-corrected chi connectivity index (χ2v) is 8.33. The molecule has 0 unspecified atom stereocenters. The van der Waals surface area contributed by atoms with Gasteiger partial charge in [0, 0.05) is 22.9 Å². The Morgan fingerprint density at radius 3 is 2.37 bits per heavy atom. The number of rotatable bonds is 2. The summed E-state index contributed by atoms with van der Waals surface area (Å²) in [5.74, 6) is 0. The molecule has 0 saturated heterocycles. The SMILES string of the molecule is Cc1cc2oc(=O)c(Cc3ccccc3)c(C)c2c2occ(C(C)(C)C)c12. The maximum Gasteiger partial charge on any atom is 0.340 e. The third-order valence-electron chi connectivity index (χ3n) is 5.31. The standard InChI is InChI=1S/C24H24O3/c1-14-11-19-21(22-20(14)18(13-26-22)24(3,4)5)15(2)17(23(25)27-19)12-16-9-7-6-8-10-16/h6-11,13H,12H2,1-5H3. The summed E-state index contributed by atoms with van der Waals surface area (Å²) < 4.78 is 11.7. The summed E-state index contributed by atoms with van der Waals surface area (Å²) in [6.07, 6.45) is 2.39. The number of fused-ring (bicyclic) bond motifs is 3. The molecule has 0 aliphatic carbocycles. The molecule has 0 aliphatic heterocycles. The van der Waals surface area contributed by atoms with Crippen molar-refractivity contribution in [2.45, 2.75) is 46.5 Å². The van der Waals surface area contributed by atoms with Gasteiger partial charge in [0.25, 0.3) is 0 Å². The third kappa shape index (κ3) is 2.87. The molecule has 0 radical (unpaired) electrons. The second kappa shape index (κ2) is 6.12. The first-order chi connectivity index (χ1) is 12.8. The lowest BCUT2D eigenvalue weighted by atomic mass is 9.85. The van der Waals surface area contributed by atoms with Crippen LogP contribution in [0.1, 0.15) is 48.6 Å². The number of aryl methyl sites for hydroxylation is 2. The van der Waals surface area contributed by atoms with Crippen LogP contribution in [-0.4, -0.2) is 0 Å². The van der Waals surface area contributed by atoms with E-state index in [0.29, 0.717) is 17.6 Å². The summed E-state index contributed by atoms with van der Waals surface area (Å²) in [5.41, 5.74) is 6.05. The second-order valence-electron chi connectivity index (χ2n) is 8.33. The van der Waals surface area contributed by atoms with Gasteiger partial charge < -0.3 is 8.83 Å². The molecular formula is C24H24O3. The zero-order chi connectivity index (χ0) is 19.3. The minimum absolute atomic E-state index is 0.0277. The molecule has 2 heterocycles. The zero-order valence-corrected chi connectivity index (χ0v) is 16.5. The topological polar surface area (TPSA) is 43.4 Å². The Labute approximate surface area is 158 Å². The molecule has 4 aromatic rings. The monoisotopic (exact) mass is 360 g/mol. The summed E-state index contributed by atoms with van der Waals surface area (Å²) in [7, 11) is 0. The molecule has 0 N–H and O–H groups in total. The molecule has 27 heavy (non-hydrogen) atoms. The van der Waals surface area contributed by atoms with E-state index in [1.165, 1.54) is 5.56 Å². The Balaban J connectivity index is 2.04. The van der Waals surface area contributed by atoms with Crippen LogP contribution >= 0.6 is 0 Å². The Kier molecular flexibility index (Phi) is 3.99. The highest BCUT2D eigenvalue weighted by molar-refractivity contribution is 6.07. The molecule has 0 amide bonds. The fraction of sp³-hybridized carbons (Fsp3) is 0.292. The highest BCUT2D eigenvalue weighted by Gasteiger charge is 2.24. The summed E-state index contributed by atoms with van der Waals surface area (Å²) >= 11 is 0. The smallest absolute Gasteiger partial charge is 0.340 e. The first kappa shape index (κ1) is 17.6. The van der Waals surface area contributed by atoms with Crippen molar-refractivity contribution in [3.8, 4) is 0 Å². The first-order valence-corrected chi connectivity index (χ1v) is 9.29. The summed E-state index contributed by atoms with van der Waals surface area (Å²) in [5, 5.41) is 2.02. The van der Waals surface area contributed by atoms with E-state index in [4.69, 9.17) is 8.83 Å². The van der Waals surface area contributed by atoms with E-state index in [2.05, 4.69) is 20.8 Å². The van der Waals surface area contributed by atoms with Crippen LogP contribution in [0.2, 0.25) is 0 Å². The molecule has 0 bridgehead atoms. The Bertz CT molecular complexity index is 1200. The largest absolute Gasteiger partial charge is 0.463 e. The normalized spacial score (nSPS) is 12.2. The van der Waals surface area contributed by atoms with Gasteiger partial charge in [-0.05, 0) is 42.0 Å². The summed E-state index contributed by atoms with van der Waals surface area (Å²) in [4.78, 5) is 12.7. The van der Waals surface area contributed by atoms with Gasteiger partial charge in [-0.1, -0.05) is 51.1 Å². The van der Waals surface area contributed by atoms with E-state index in [0.717, 1.165) is 33.0 Å². The highest BCUT2D eigenvalue weighted by Crippen LogP contribution is 2.39. The number of hydrogen-bond acceptors (Lipinski definition) is 3. The lowest BCUT2D eigenvalue weighted by molar-refractivity contribution is 0.547. The Morgan fingerprint density at radius 2 is 1.70 bits per heavy atom. The van der Waals surface area contributed by atoms with Crippen LogP contribution in [0.15, 0.2) is 56.3 Å². The molecule has 0 aliphatic rings. The van der Waals surface area contributed by atoms with Gasteiger partial charge in [-0.15, -0.1) is 0 Å². The molecule has 0 saturated carbocycles. The van der Waals surface area contributed by atoms with Gasteiger partial charge in [-0.25, -0.2) is 4.79 Å². The van der Waals surface area contributed by atoms with Crippen LogP contribution < -0.4 is 5.63 Å². The lowest BCUT2D eigenvalue weighted by Crippen LogP contribution is -2.12. The van der Waals surface area contributed by atoms with Gasteiger partial charge in [-0.3, -0.25) is 0 Å². The van der Waals surface area contributed by atoms with E-state index in [1.54, 1.807) is 0 Å². The van der Waals surface area contributed by atoms with Gasteiger partial charge in [-0.2, -0.15) is 0 Å². The predicted molar refractivity (Wildman–Crippen MR) is 110 cm³/mol. The maximum absolute atomic E-state index is 12.7. The number of benzene rings is 2. The van der Waals surface area contributed by atoms with Crippen LogP contribution in [0.3, 0.4) is 0 Å². The van der Waals surface area contributed by atoms with E-state index in [-0.39, 0.29) is 11.0 Å². The maximum atomic E-state index is 12.7. The van der Waals surface area contributed by atoms with Crippen molar-refractivity contribution in [3.63, 3.8) is 0 Å². The molecule has 138 valence electrons. The van der Waals surface area contributed by atoms with Crippen LogP contribution in [0.5, 0.6) is 0 Å². The van der Waals surface area contributed by atoms with Crippen molar-refractivity contribution in [3.05, 3.63) is 80.9 Å². The lowest BCUT2D eigenvalue weighted by Gasteiger charge is -2.17. The molecule has 0 spiro atoms. The van der Waals surface area contributed by atoms with Crippen molar-refractivity contribution in [2.24, 2.45) is 0 Å². The van der Waals surface area contributed by atoms with Crippen LogP contribution in [0.4, 0.5) is 0 Å². The van der Waals surface area contributed by atoms with Crippen LogP contribution in [-0.2, 0) is 11.8 Å². The molecule has 2 aromatic heterocycles. The zero-order valence-electron chi connectivity index (χ0n) is 16.5. The molecule has 4 rings (SSSR count).